The molecule has 0 aromatic carbocycles. The molecule has 0 aromatic rings. The number of carbonyl (C=O) groups excluding carboxylic acids is 1. The van der Waals surface area contributed by atoms with E-state index < -0.39 is 0 Å². The Bertz CT molecular complexity index is 247. The predicted molar refractivity (Wildman–Crippen MR) is 59.8 cm³/mol. The molecule has 0 amide bonds. The first kappa shape index (κ1) is 11.8. The van der Waals surface area contributed by atoms with Crippen molar-refractivity contribution in [2.45, 2.75) is 18.8 Å². The molecule has 92 valence electrons. The van der Waals surface area contributed by atoms with Crippen LogP contribution >= 0.6 is 0 Å². The van der Waals surface area contributed by atoms with Crippen LogP contribution in [0.25, 0.3) is 0 Å². The summed E-state index contributed by atoms with van der Waals surface area (Å²) in [7, 11) is 1.43. The lowest BCUT2D eigenvalue weighted by Gasteiger charge is -2.45. The van der Waals surface area contributed by atoms with Crippen LogP contribution in [0.15, 0.2) is 0 Å². The summed E-state index contributed by atoms with van der Waals surface area (Å²) in [6.45, 7) is 4.63. The summed E-state index contributed by atoms with van der Waals surface area (Å²) in [5.41, 5.74) is 0. The SMILES string of the molecule is COC(=O)CCN1CCNC2NCCNC21. The van der Waals surface area contributed by atoms with Gasteiger partial charge in [-0.15, -0.1) is 0 Å². The van der Waals surface area contributed by atoms with E-state index in [0.717, 1.165) is 32.7 Å². The van der Waals surface area contributed by atoms with E-state index in [1.807, 2.05) is 0 Å². The number of nitrogens with zero attached hydrogens (tertiary/aromatic N) is 1. The third-order valence-electron chi connectivity index (χ3n) is 3.15. The fourth-order valence-corrected chi connectivity index (χ4v) is 2.29. The average molecular weight is 228 g/mol. The molecule has 2 fully saturated rings. The number of ether oxygens (including phenoxy) is 1. The van der Waals surface area contributed by atoms with Crippen molar-refractivity contribution in [2.24, 2.45) is 0 Å². The van der Waals surface area contributed by atoms with Gasteiger partial charge in [0, 0.05) is 32.7 Å². The molecule has 2 unspecified atom stereocenters. The van der Waals surface area contributed by atoms with E-state index in [1.54, 1.807) is 0 Å². The molecule has 2 aliphatic rings. The van der Waals surface area contributed by atoms with E-state index in [2.05, 4.69) is 25.6 Å². The zero-order valence-corrected chi connectivity index (χ0v) is 9.66. The van der Waals surface area contributed by atoms with Gasteiger partial charge in [0.25, 0.3) is 0 Å². The molecule has 2 aliphatic heterocycles. The van der Waals surface area contributed by atoms with Crippen LogP contribution in [-0.4, -0.2) is 63.0 Å². The standard InChI is InChI=1S/C10H20N4O2/c1-16-8(15)2-6-14-7-5-12-9-10(14)13-4-3-11-9/h9-13H,2-7H2,1H3. The number of nitrogens with one attached hydrogen (secondary N) is 3. The second kappa shape index (κ2) is 5.58. The Kier molecular flexibility index (Phi) is 4.11. The molecule has 3 N–H and O–H groups in total. The first-order valence-electron chi connectivity index (χ1n) is 5.82. The van der Waals surface area contributed by atoms with Crippen molar-refractivity contribution < 1.29 is 9.53 Å². The van der Waals surface area contributed by atoms with Crippen molar-refractivity contribution in [3.63, 3.8) is 0 Å². The molecular weight excluding hydrogens is 208 g/mol. The van der Waals surface area contributed by atoms with E-state index in [1.165, 1.54) is 7.11 Å². The van der Waals surface area contributed by atoms with Gasteiger partial charge in [-0.05, 0) is 0 Å². The zero-order chi connectivity index (χ0) is 11.4. The van der Waals surface area contributed by atoms with Crippen LogP contribution in [0.1, 0.15) is 6.42 Å². The number of esters is 1. The minimum absolute atomic E-state index is 0.140. The monoisotopic (exact) mass is 228 g/mol. The Hall–Kier alpha value is -0.690. The van der Waals surface area contributed by atoms with Crippen molar-refractivity contribution >= 4 is 5.97 Å². The lowest BCUT2D eigenvalue weighted by molar-refractivity contribution is -0.141. The van der Waals surface area contributed by atoms with Crippen LogP contribution in [0.3, 0.4) is 0 Å². The van der Waals surface area contributed by atoms with E-state index in [0.29, 0.717) is 12.6 Å². The summed E-state index contributed by atoms with van der Waals surface area (Å²) < 4.78 is 4.66. The summed E-state index contributed by atoms with van der Waals surface area (Å²) >= 11 is 0. The number of methoxy groups -OCH3 is 1. The predicted octanol–water partition coefficient (Wildman–Crippen LogP) is -1.70. The number of hydrogen-bond donors (Lipinski definition) is 3. The van der Waals surface area contributed by atoms with E-state index in [-0.39, 0.29) is 12.1 Å². The molecular formula is C10H20N4O2. The first-order valence-corrected chi connectivity index (χ1v) is 5.82. The van der Waals surface area contributed by atoms with Gasteiger partial charge in [-0.3, -0.25) is 25.6 Å². The lowest BCUT2D eigenvalue weighted by atomic mass is 10.2. The van der Waals surface area contributed by atoms with Gasteiger partial charge in [-0.25, -0.2) is 0 Å². The first-order chi connectivity index (χ1) is 7.81. The molecule has 2 atom stereocenters. The van der Waals surface area contributed by atoms with Gasteiger partial charge in [0.1, 0.15) is 0 Å². The van der Waals surface area contributed by atoms with Crippen molar-refractivity contribution in [1.82, 2.24) is 20.9 Å². The molecule has 2 heterocycles. The fraction of sp³-hybridized carbons (Fsp3) is 0.900. The fourth-order valence-electron chi connectivity index (χ4n) is 2.29. The van der Waals surface area contributed by atoms with Crippen LogP contribution in [-0.2, 0) is 9.53 Å². The second-order valence-corrected chi connectivity index (χ2v) is 4.15. The van der Waals surface area contributed by atoms with Crippen LogP contribution in [0.5, 0.6) is 0 Å². The van der Waals surface area contributed by atoms with Gasteiger partial charge in [0.05, 0.1) is 25.9 Å². The maximum Gasteiger partial charge on any atom is 0.306 e. The quantitative estimate of drug-likeness (QED) is 0.500. The van der Waals surface area contributed by atoms with Crippen molar-refractivity contribution in [3.05, 3.63) is 0 Å². The third kappa shape index (κ3) is 2.70. The zero-order valence-electron chi connectivity index (χ0n) is 9.66. The van der Waals surface area contributed by atoms with Gasteiger partial charge < -0.3 is 4.74 Å². The Morgan fingerprint density at radius 2 is 2.06 bits per heavy atom. The van der Waals surface area contributed by atoms with Crippen LogP contribution < -0.4 is 16.0 Å². The highest BCUT2D eigenvalue weighted by molar-refractivity contribution is 5.69. The van der Waals surface area contributed by atoms with E-state index in [4.69, 9.17) is 0 Å². The number of piperazine rings is 2. The van der Waals surface area contributed by atoms with Crippen molar-refractivity contribution in [2.75, 3.05) is 39.8 Å². The minimum atomic E-state index is -0.140. The van der Waals surface area contributed by atoms with E-state index >= 15 is 0 Å². The topological polar surface area (TPSA) is 65.6 Å². The number of fused-ring (bicyclic) bond motifs is 1. The number of carbonyl (C=O) groups is 1. The van der Waals surface area contributed by atoms with Gasteiger partial charge in [0.15, 0.2) is 0 Å². The Balaban J connectivity index is 1.85. The summed E-state index contributed by atoms with van der Waals surface area (Å²) in [6.07, 6.45) is 1.04. The van der Waals surface area contributed by atoms with Gasteiger partial charge >= 0.3 is 5.97 Å². The van der Waals surface area contributed by atoms with Crippen molar-refractivity contribution in [3.8, 4) is 0 Å². The average Bonchev–Trinajstić information content (AvgIpc) is 2.35. The van der Waals surface area contributed by atoms with Crippen LogP contribution in [0, 0.1) is 0 Å². The highest BCUT2D eigenvalue weighted by atomic mass is 16.5. The molecule has 0 bridgehead atoms. The molecule has 16 heavy (non-hydrogen) atoms. The molecule has 6 nitrogen and oxygen atoms in total. The van der Waals surface area contributed by atoms with Crippen LogP contribution in [0.4, 0.5) is 0 Å². The van der Waals surface area contributed by atoms with Gasteiger partial charge in [-0.1, -0.05) is 0 Å². The Labute approximate surface area is 95.7 Å². The Morgan fingerprint density at radius 3 is 2.88 bits per heavy atom. The maximum atomic E-state index is 11.1. The number of rotatable bonds is 3. The Morgan fingerprint density at radius 1 is 1.31 bits per heavy atom. The normalized spacial score (nSPS) is 30.8. The molecule has 0 aliphatic carbocycles. The number of hydrogen-bond acceptors (Lipinski definition) is 6. The third-order valence-corrected chi connectivity index (χ3v) is 3.15. The molecule has 0 spiro atoms. The van der Waals surface area contributed by atoms with Gasteiger partial charge in [0.2, 0.25) is 0 Å². The smallest absolute Gasteiger partial charge is 0.306 e. The molecule has 0 saturated carbocycles. The molecule has 0 aromatic heterocycles. The lowest BCUT2D eigenvalue weighted by Crippen LogP contribution is -2.72. The highest BCUT2D eigenvalue weighted by Crippen LogP contribution is 2.08. The molecule has 2 rings (SSSR count). The summed E-state index contributed by atoms with van der Waals surface area (Å²) in [5.74, 6) is -0.140. The summed E-state index contributed by atoms with van der Waals surface area (Å²) in [5, 5.41) is 10.3. The summed E-state index contributed by atoms with van der Waals surface area (Å²) in [4.78, 5) is 13.4. The maximum absolute atomic E-state index is 11.1. The van der Waals surface area contributed by atoms with Crippen molar-refractivity contribution in [1.29, 1.82) is 0 Å². The largest absolute Gasteiger partial charge is 0.469 e. The molecule has 6 heteroatoms. The highest BCUT2D eigenvalue weighted by Gasteiger charge is 2.32. The van der Waals surface area contributed by atoms with E-state index in [9.17, 15) is 4.79 Å². The molecule has 2 saturated heterocycles. The second-order valence-electron chi connectivity index (χ2n) is 4.15. The molecule has 0 radical (unpaired) electrons. The van der Waals surface area contributed by atoms with Gasteiger partial charge in [-0.2, -0.15) is 0 Å². The van der Waals surface area contributed by atoms with Crippen LogP contribution in [0.2, 0.25) is 0 Å². The minimum Gasteiger partial charge on any atom is -0.469 e. The summed E-state index contributed by atoms with van der Waals surface area (Å²) in [6, 6.07) is 0.